The summed E-state index contributed by atoms with van der Waals surface area (Å²) in [6.07, 6.45) is 5.73. The molecule has 0 aliphatic carbocycles. The topological polar surface area (TPSA) is 67.6 Å². The van der Waals surface area contributed by atoms with Crippen LogP contribution < -0.4 is 0 Å². The molecule has 0 aliphatic rings. The van der Waals surface area contributed by atoms with Crippen LogP contribution in [0.25, 0.3) is 0 Å². The van der Waals surface area contributed by atoms with Crippen LogP contribution in [0.2, 0.25) is 0 Å². The lowest BCUT2D eigenvalue weighted by atomic mass is 10.2. The molecular weight excluding hydrogens is 302 g/mol. The predicted molar refractivity (Wildman–Crippen MR) is 93.5 cm³/mol. The zero-order valence-corrected chi connectivity index (χ0v) is 13.9. The van der Waals surface area contributed by atoms with E-state index >= 15 is 0 Å². The standard InChI is InChI=1S/C19H21N3O2/c1-4-19(23)18-12-6-9-16(21-18)10-7-13-24-22-15(3)17-11-5-8-14(2)20-17/h1,5-6,8-9,11-12,19,23H,7,10,13H2,2-3H3/b22-15-. The highest BCUT2D eigenvalue weighted by Crippen LogP contribution is 2.10. The average Bonchev–Trinajstić information content (AvgIpc) is 2.60. The van der Waals surface area contributed by atoms with Crippen LogP contribution in [0, 0.1) is 19.3 Å². The van der Waals surface area contributed by atoms with Crippen LogP contribution in [0.15, 0.2) is 41.6 Å². The fraction of sp³-hybridized carbons (Fsp3) is 0.316. The Morgan fingerprint density at radius 3 is 2.83 bits per heavy atom. The van der Waals surface area contributed by atoms with Gasteiger partial charge in [0.05, 0.1) is 11.4 Å². The van der Waals surface area contributed by atoms with Crippen LogP contribution in [0.5, 0.6) is 0 Å². The van der Waals surface area contributed by atoms with Crippen LogP contribution in [-0.4, -0.2) is 27.4 Å². The molecule has 1 unspecified atom stereocenters. The van der Waals surface area contributed by atoms with E-state index < -0.39 is 6.10 Å². The number of aliphatic hydroxyl groups is 1. The van der Waals surface area contributed by atoms with Crippen LogP contribution in [-0.2, 0) is 11.3 Å². The second-order valence-electron chi connectivity index (χ2n) is 5.40. The highest BCUT2D eigenvalue weighted by molar-refractivity contribution is 5.96. The summed E-state index contributed by atoms with van der Waals surface area (Å²) in [7, 11) is 0. The molecule has 0 aromatic carbocycles. The second kappa shape index (κ2) is 8.80. The van der Waals surface area contributed by atoms with Gasteiger partial charge in [-0.2, -0.15) is 0 Å². The lowest BCUT2D eigenvalue weighted by Crippen LogP contribution is -2.03. The van der Waals surface area contributed by atoms with Gasteiger partial charge in [0.15, 0.2) is 6.10 Å². The minimum absolute atomic E-state index is 0.479. The molecule has 124 valence electrons. The molecule has 0 aliphatic heterocycles. The minimum Gasteiger partial charge on any atom is -0.396 e. The van der Waals surface area contributed by atoms with Gasteiger partial charge in [-0.1, -0.05) is 23.2 Å². The number of hydrogen-bond donors (Lipinski definition) is 1. The summed E-state index contributed by atoms with van der Waals surface area (Å²) in [4.78, 5) is 14.1. The van der Waals surface area contributed by atoms with Gasteiger partial charge in [-0.05, 0) is 51.0 Å². The summed E-state index contributed by atoms with van der Waals surface area (Å²) >= 11 is 0. The molecule has 24 heavy (non-hydrogen) atoms. The summed E-state index contributed by atoms with van der Waals surface area (Å²) in [6, 6.07) is 11.2. The quantitative estimate of drug-likeness (QED) is 0.368. The maximum Gasteiger partial charge on any atom is 0.156 e. The molecule has 5 nitrogen and oxygen atoms in total. The Labute approximate surface area is 142 Å². The summed E-state index contributed by atoms with van der Waals surface area (Å²) in [5, 5.41) is 13.7. The van der Waals surface area contributed by atoms with Crippen molar-refractivity contribution in [1.29, 1.82) is 0 Å². The highest BCUT2D eigenvalue weighted by atomic mass is 16.6. The fourth-order valence-corrected chi connectivity index (χ4v) is 2.13. The normalized spacial score (nSPS) is 12.5. The first-order valence-electron chi connectivity index (χ1n) is 7.81. The molecule has 0 saturated heterocycles. The van der Waals surface area contributed by atoms with Crippen molar-refractivity contribution in [3.05, 3.63) is 59.2 Å². The minimum atomic E-state index is -0.963. The molecule has 5 heteroatoms. The van der Waals surface area contributed by atoms with Gasteiger partial charge in [-0.3, -0.25) is 9.97 Å². The number of terminal acetylenes is 1. The summed E-state index contributed by atoms with van der Waals surface area (Å²) < 4.78 is 0. The number of rotatable bonds is 7. The van der Waals surface area contributed by atoms with Gasteiger partial charge < -0.3 is 9.94 Å². The molecule has 0 spiro atoms. The molecule has 0 saturated carbocycles. The van der Waals surface area contributed by atoms with Crippen LogP contribution in [0.1, 0.15) is 42.2 Å². The first-order chi connectivity index (χ1) is 11.6. The van der Waals surface area contributed by atoms with E-state index in [0.717, 1.165) is 35.6 Å². The van der Waals surface area contributed by atoms with Crippen molar-refractivity contribution in [1.82, 2.24) is 9.97 Å². The maximum absolute atomic E-state index is 9.61. The monoisotopic (exact) mass is 323 g/mol. The number of nitrogens with zero attached hydrogens (tertiary/aromatic N) is 3. The molecule has 0 fully saturated rings. The van der Waals surface area contributed by atoms with Crippen molar-refractivity contribution in [2.24, 2.45) is 5.16 Å². The van der Waals surface area contributed by atoms with E-state index in [0.29, 0.717) is 12.3 Å². The van der Waals surface area contributed by atoms with Gasteiger partial charge in [0.1, 0.15) is 12.3 Å². The lowest BCUT2D eigenvalue weighted by Gasteiger charge is -2.06. The SMILES string of the molecule is C#CC(O)c1cccc(CCCO/N=C(/C)c2cccc(C)n2)n1. The molecule has 0 bridgehead atoms. The molecule has 0 radical (unpaired) electrons. The largest absolute Gasteiger partial charge is 0.396 e. The van der Waals surface area contributed by atoms with Crippen molar-refractivity contribution in [2.45, 2.75) is 32.8 Å². The van der Waals surface area contributed by atoms with Gasteiger partial charge in [0.2, 0.25) is 0 Å². The van der Waals surface area contributed by atoms with E-state index in [1.54, 1.807) is 6.07 Å². The molecule has 2 aromatic rings. The van der Waals surface area contributed by atoms with Crippen molar-refractivity contribution < 1.29 is 9.94 Å². The lowest BCUT2D eigenvalue weighted by molar-refractivity contribution is 0.141. The molecular formula is C19H21N3O2. The van der Waals surface area contributed by atoms with Gasteiger partial charge in [-0.25, -0.2) is 0 Å². The first kappa shape index (κ1) is 17.6. The molecule has 2 aromatic heterocycles. The van der Waals surface area contributed by atoms with E-state index in [4.69, 9.17) is 11.3 Å². The molecule has 0 amide bonds. The Balaban J connectivity index is 1.81. The molecule has 1 atom stereocenters. The van der Waals surface area contributed by atoms with Gasteiger partial charge >= 0.3 is 0 Å². The fourth-order valence-electron chi connectivity index (χ4n) is 2.13. The maximum atomic E-state index is 9.61. The molecule has 1 N–H and O–H groups in total. The number of oxime groups is 1. The number of aromatic nitrogens is 2. The summed E-state index contributed by atoms with van der Waals surface area (Å²) in [5.41, 5.74) is 3.87. The Kier molecular flexibility index (Phi) is 6.47. The van der Waals surface area contributed by atoms with Crippen molar-refractivity contribution in [2.75, 3.05) is 6.61 Å². The molecule has 2 heterocycles. The smallest absolute Gasteiger partial charge is 0.156 e. The Bertz CT molecular complexity index is 750. The zero-order valence-electron chi connectivity index (χ0n) is 13.9. The van der Waals surface area contributed by atoms with Crippen molar-refractivity contribution >= 4 is 5.71 Å². The van der Waals surface area contributed by atoms with E-state index in [-0.39, 0.29) is 0 Å². The van der Waals surface area contributed by atoms with Crippen LogP contribution in [0.4, 0.5) is 0 Å². The van der Waals surface area contributed by atoms with Crippen LogP contribution in [0.3, 0.4) is 0 Å². The van der Waals surface area contributed by atoms with Crippen molar-refractivity contribution in [3.63, 3.8) is 0 Å². The number of hydrogen-bond acceptors (Lipinski definition) is 5. The summed E-state index contributed by atoms with van der Waals surface area (Å²) in [5.74, 6) is 2.26. The third-order valence-corrected chi connectivity index (χ3v) is 3.40. The number of aryl methyl sites for hydroxylation is 2. The zero-order chi connectivity index (χ0) is 17.4. The Morgan fingerprint density at radius 2 is 2.08 bits per heavy atom. The van der Waals surface area contributed by atoms with Crippen LogP contribution >= 0.6 is 0 Å². The van der Waals surface area contributed by atoms with E-state index in [9.17, 15) is 5.11 Å². The average molecular weight is 323 g/mol. The second-order valence-corrected chi connectivity index (χ2v) is 5.40. The first-order valence-corrected chi connectivity index (χ1v) is 7.81. The third-order valence-electron chi connectivity index (χ3n) is 3.40. The van der Waals surface area contributed by atoms with Gasteiger partial charge in [0.25, 0.3) is 0 Å². The van der Waals surface area contributed by atoms with E-state index in [2.05, 4.69) is 21.0 Å². The summed E-state index contributed by atoms with van der Waals surface area (Å²) in [6.45, 7) is 4.29. The van der Waals surface area contributed by atoms with Gasteiger partial charge in [-0.15, -0.1) is 6.42 Å². The Morgan fingerprint density at radius 1 is 1.29 bits per heavy atom. The predicted octanol–water partition coefficient (Wildman–Crippen LogP) is 2.83. The molecule has 2 rings (SSSR count). The van der Waals surface area contributed by atoms with Gasteiger partial charge in [0, 0.05) is 11.4 Å². The number of pyridine rings is 2. The Hall–Kier alpha value is -2.71. The van der Waals surface area contributed by atoms with E-state index in [1.165, 1.54) is 0 Å². The third kappa shape index (κ3) is 5.18. The van der Waals surface area contributed by atoms with E-state index in [1.807, 2.05) is 44.2 Å². The number of aliphatic hydroxyl groups excluding tert-OH is 1. The van der Waals surface area contributed by atoms with Crippen molar-refractivity contribution in [3.8, 4) is 12.3 Å². The highest BCUT2D eigenvalue weighted by Gasteiger charge is 2.06.